The van der Waals surface area contributed by atoms with Gasteiger partial charge in [-0.3, -0.25) is 0 Å². The molecule has 6 heteroatoms. The maximum atomic E-state index is 12.2. The minimum Gasteiger partial charge on any atom is -0.493 e. The van der Waals surface area contributed by atoms with Gasteiger partial charge in [0.25, 0.3) is 0 Å². The molecule has 3 rings (SSSR count). The molecular weight excluding hydrogens is 312 g/mol. The zero-order chi connectivity index (χ0) is 17.1. The summed E-state index contributed by atoms with van der Waals surface area (Å²) < 4.78 is 20.8. The Labute approximate surface area is 137 Å². The van der Waals surface area contributed by atoms with E-state index in [0.717, 1.165) is 0 Å². The molecular formula is C18H14O6. The molecule has 1 aromatic heterocycles. The summed E-state index contributed by atoms with van der Waals surface area (Å²) in [5.74, 6) is 0.440. The van der Waals surface area contributed by atoms with Gasteiger partial charge in [0.2, 0.25) is 0 Å². The predicted molar refractivity (Wildman–Crippen MR) is 87.0 cm³/mol. The Morgan fingerprint density at radius 2 is 1.62 bits per heavy atom. The summed E-state index contributed by atoms with van der Waals surface area (Å²) in [6.07, 6.45) is 0. The third-order valence-electron chi connectivity index (χ3n) is 3.41. The number of hydrogen-bond acceptors (Lipinski definition) is 6. The molecule has 0 bridgehead atoms. The fraction of sp³-hybridized carbons (Fsp3) is 0.111. The van der Waals surface area contributed by atoms with Crippen molar-refractivity contribution in [1.29, 1.82) is 0 Å². The van der Waals surface area contributed by atoms with Gasteiger partial charge in [0.05, 0.1) is 14.2 Å². The number of carbonyl (C=O) groups is 1. The Bertz CT molecular complexity index is 943. The molecule has 0 atom stereocenters. The molecule has 0 fully saturated rings. The summed E-state index contributed by atoms with van der Waals surface area (Å²) in [4.78, 5) is 24.3. The molecule has 122 valence electrons. The van der Waals surface area contributed by atoms with E-state index < -0.39 is 11.6 Å². The third kappa shape index (κ3) is 2.94. The molecule has 0 saturated carbocycles. The second-order valence-electron chi connectivity index (χ2n) is 4.90. The first-order valence-corrected chi connectivity index (χ1v) is 7.09. The molecule has 0 saturated heterocycles. The number of methoxy groups -OCH3 is 2. The van der Waals surface area contributed by atoms with Gasteiger partial charge >= 0.3 is 11.6 Å². The lowest BCUT2D eigenvalue weighted by molar-refractivity contribution is 0.0730. The van der Waals surface area contributed by atoms with Crippen molar-refractivity contribution in [3.8, 4) is 17.2 Å². The number of para-hydroxylation sites is 1. The van der Waals surface area contributed by atoms with Crippen LogP contribution >= 0.6 is 0 Å². The van der Waals surface area contributed by atoms with E-state index in [4.69, 9.17) is 18.6 Å². The van der Waals surface area contributed by atoms with Crippen molar-refractivity contribution in [2.45, 2.75) is 0 Å². The second kappa shape index (κ2) is 6.45. The zero-order valence-corrected chi connectivity index (χ0v) is 13.1. The number of esters is 1. The largest absolute Gasteiger partial charge is 0.493 e. The molecule has 0 spiro atoms. The summed E-state index contributed by atoms with van der Waals surface area (Å²) in [6, 6.07) is 13.0. The van der Waals surface area contributed by atoms with Crippen molar-refractivity contribution in [3.63, 3.8) is 0 Å². The summed E-state index contributed by atoms with van der Waals surface area (Å²) in [7, 11) is 2.97. The molecule has 0 amide bonds. The van der Waals surface area contributed by atoms with Gasteiger partial charge in [-0.05, 0) is 24.3 Å². The molecule has 2 aromatic carbocycles. The third-order valence-corrected chi connectivity index (χ3v) is 3.41. The van der Waals surface area contributed by atoms with Gasteiger partial charge in [0, 0.05) is 11.5 Å². The molecule has 24 heavy (non-hydrogen) atoms. The predicted octanol–water partition coefficient (Wildman–Crippen LogP) is 3.03. The highest BCUT2D eigenvalue weighted by Gasteiger charge is 2.17. The van der Waals surface area contributed by atoms with Crippen molar-refractivity contribution in [2.24, 2.45) is 0 Å². The summed E-state index contributed by atoms with van der Waals surface area (Å²) in [5, 5.41) is 0.521. The van der Waals surface area contributed by atoms with Crippen molar-refractivity contribution < 1.29 is 23.4 Å². The summed E-state index contributed by atoms with van der Waals surface area (Å²) >= 11 is 0. The molecule has 0 aliphatic heterocycles. The van der Waals surface area contributed by atoms with Crippen LogP contribution in [0.5, 0.6) is 17.2 Å². The van der Waals surface area contributed by atoms with Gasteiger partial charge in [-0.2, -0.15) is 0 Å². The van der Waals surface area contributed by atoms with Crippen LogP contribution in [0.3, 0.4) is 0 Å². The van der Waals surface area contributed by atoms with E-state index in [1.807, 2.05) is 0 Å². The maximum absolute atomic E-state index is 12.2. The molecule has 3 aromatic rings. The van der Waals surface area contributed by atoms with E-state index >= 15 is 0 Å². The molecule has 0 aliphatic carbocycles. The van der Waals surface area contributed by atoms with Gasteiger partial charge < -0.3 is 18.6 Å². The van der Waals surface area contributed by atoms with Crippen LogP contribution in [0.15, 0.2) is 57.7 Å². The Morgan fingerprint density at radius 1 is 0.958 bits per heavy atom. The Morgan fingerprint density at radius 3 is 2.29 bits per heavy atom. The zero-order valence-electron chi connectivity index (χ0n) is 13.1. The Balaban J connectivity index is 2.04. The highest BCUT2D eigenvalue weighted by Crippen LogP contribution is 2.31. The standard InChI is InChI=1S/C18H14O6/c1-21-15-9-11-8-13(17(19)23-12-6-4-3-5-7-12)18(20)24-14(11)10-16(15)22-2/h3-10H,1-2H3. The maximum Gasteiger partial charge on any atom is 0.351 e. The van der Waals surface area contributed by atoms with Crippen LogP contribution in [-0.2, 0) is 0 Å². The average Bonchev–Trinajstić information content (AvgIpc) is 2.60. The Hall–Kier alpha value is -3.28. The number of carbonyl (C=O) groups excluding carboxylic acids is 1. The minimum atomic E-state index is -0.786. The molecule has 0 aliphatic rings. The van der Waals surface area contributed by atoms with E-state index in [1.165, 1.54) is 26.4 Å². The van der Waals surface area contributed by atoms with Crippen molar-refractivity contribution in [2.75, 3.05) is 14.2 Å². The molecule has 0 radical (unpaired) electrons. The van der Waals surface area contributed by atoms with Crippen LogP contribution in [0.2, 0.25) is 0 Å². The molecule has 1 heterocycles. The van der Waals surface area contributed by atoms with E-state index in [2.05, 4.69) is 0 Å². The molecule has 0 unspecified atom stereocenters. The quantitative estimate of drug-likeness (QED) is 0.417. The van der Waals surface area contributed by atoms with Crippen LogP contribution in [-0.4, -0.2) is 20.2 Å². The lowest BCUT2D eigenvalue weighted by Crippen LogP contribution is -2.18. The van der Waals surface area contributed by atoms with E-state index in [-0.39, 0.29) is 11.1 Å². The monoisotopic (exact) mass is 326 g/mol. The Kier molecular flexibility index (Phi) is 4.20. The SMILES string of the molecule is COc1cc2cc(C(=O)Oc3ccccc3)c(=O)oc2cc1OC. The minimum absolute atomic E-state index is 0.196. The highest BCUT2D eigenvalue weighted by molar-refractivity contribution is 5.94. The summed E-state index contributed by atoms with van der Waals surface area (Å²) in [6.45, 7) is 0. The van der Waals surface area contributed by atoms with E-state index in [1.54, 1.807) is 36.4 Å². The van der Waals surface area contributed by atoms with Crippen LogP contribution in [0.1, 0.15) is 10.4 Å². The van der Waals surface area contributed by atoms with Crippen LogP contribution in [0, 0.1) is 0 Å². The van der Waals surface area contributed by atoms with Gasteiger partial charge in [-0.25, -0.2) is 9.59 Å². The van der Waals surface area contributed by atoms with E-state index in [0.29, 0.717) is 22.6 Å². The van der Waals surface area contributed by atoms with Crippen molar-refractivity contribution in [1.82, 2.24) is 0 Å². The average molecular weight is 326 g/mol. The highest BCUT2D eigenvalue weighted by atomic mass is 16.5. The smallest absolute Gasteiger partial charge is 0.351 e. The number of benzene rings is 2. The summed E-state index contributed by atoms with van der Waals surface area (Å²) in [5.41, 5.74) is -0.692. The number of fused-ring (bicyclic) bond motifs is 1. The number of hydrogen-bond donors (Lipinski definition) is 0. The van der Waals surface area contributed by atoms with Crippen molar-refractivity contribution in [3.05, 3.63) is 64.5 Å². The first-order valence-electron chi connectivity index (χ1n) is 7.09. The first kappa shape index (κ1) is 15.6. The van der Waals surface area contributed by atoms with Crippen LogP contribution in [0.4, 0.5) is 0 Å². The van der Waals surface area contributed by atoms with Crippen LogP contribution in [0.25, 0.3) is 11.0 Å². The van der Waals surface area contributed by atoms with Gasteiger partial charge in [-0.1, -0.05) is 18.2 Å². The fourth-order valence-electron chi connectivity index (χ4n) is 2.24. The lowest BCUT2D eigenvalue weighted by Gasteiger charge is -2.09. The van der Waals surface area contributed by atoms with Gasteiger partial charge in [0.15, 0.2) is 11.5 Å². The fourth-order valence-corrected chi connectivity index (χ4v) is 2.24. The lowest BCUT2D eigenvalue weighted by atomic mass is 10.1. The van der Waals surface area contributed by atoms with Gasteiger partial charge in [-0.15, -0.1) is 0 Å². The van der Waals surface area contributed by atoms with Gasteiger partial charge in [0.1, 0.15) is 16.9 Å². The molecule has 6 nitrogen and oxygen atoms in total. The van der Waals surface area contributed by atoms with E-state index in [9.17, 15) is 9.59 Å². The number of ether oxygens (including phenoxy) is 3. The number of rotatable bonds is 4. The van der Waals surface area contributed by atoms with Crippen molar-refractivity contribution >= 4 is 16.9 Å². The normalized spacial score (nSPS) is 10.4. The molecule has 0 N–H and O–H groups in total. The topological polar surface area (TPSA) is 75.0 Å². The second-order valence-corrected chi connectivity index (χ2v) is 4.90. The first-order chi connectivity index (χ1) is 11.6. The van der Waals surface area contributed by atoms with Crippen LogP contribution < -0.4 is 19.8 Å².